The predicted octanol–water partition coefficient (Wildman–Crippen LogP) is 2.68. The second kappa shape index (κ2) is 7.25. The van der Waals surface area contributed by atoms with Crippen LogP contribution in [-0.2, 0) is 4.74 Å². The fraction of sp³-hybridized carbons (Fsp3) is 0.538. The fourth-order valence-electron chi connectivity index (χ4n) is 1.51. The highest BCUT2D eigenvalue weighted by Gasteiger charge is 2.10. The standard InChI is InChI=1S/C13H19FO3/c1-10(15)12-9-11(14)5-6-13(12)17-8-4-3-7-16-2/h5-6,9-10,15H,3-4,7-8H2,1-2H3/t10-/m1/s1. The van der Waals surface area contributed by atoms with Crippen LogP contribution < -0.4 is 4.74 Å². The highest BCUT2D eigenvalue weighted by molar-refractivity contribution is 5.35. The first-order chi connectivity index (χ1) is 8.15. The van der Waals surface area contributed by atoms with Crippen LogP contribution in [0, 0.1) is 5.82 Å². The minimum Gasteiger partial charge on any atom is -0.493 e. The first-order valence-corrected chi connectivity index (χ1v) is 5.74. The van der Waals surface area contributed by atoms with Gasteiger partial charge in [-0.3, -0.25) is 0 Å². The number of benzene rings is 1. The van der Waals surface area contributed by atoms with Crippen molar-refractivity contribution in [1.29, 1.82) is 0 Å². The van der Waals surface area contributed by atoms with Crippen LogP contribution in [-0.4, -0.2) is 25.4 Å². The van der Waals surface area contributed by atoms with E-state index in [0.717, 1.165) is 12.8 Å². The van der Waals surface area contributed by atoms with E-state index in [0.29, 0.717) is 24.5 Å². The minimum atomic E-state index is -0.736. The maximum Gasteiger partial charge on any atom is 0.125 e. The number of unbranched alkanes of at least 4 members (excludes halogenated alkanes) is 1. The van der Waals surface area contributed by atoms with E-state index < -0.39 is 6.10 Å². The maximum atomic E-state index is 13.0. The molecule has 1 aromatic rings. The van der Waals surface area contributed by atoms with Crippen molar-refractivity contribution in [2.75, 3.05) is 20.3 Å². The van der Waals surface area contributed by atoms with Gasteiger partial charge in [-0.1, -0.05) is 0 Å². The molecule has 0 spiro atoms. The molecule has 0 bridgehead atoms. The highest BCUT2D eigenvalue weighted by Crippen LogP contribution is 2.26. The Morgan fingerprint density at radius 1 is 1.29 bits per heavy atom. The Hall–Kier alpha value is -1.13. The summed E-state index contributed by atoms with van der Waals surface area (Å²) >= 11 is 0. The largest absolute Gasteiger partial charge is 0.493 e. The van der Waals surface area contributed by atoms with Crippen molar-refractivity contribution in [3.05, 3.63) is 29.6 Å². The fourth-order valence-corrected chi connectivity index (χ4v) is 1.51. The predicted molar refractivity (Wildman–Crippen MR) is 63.6 cm³/mol. The van der Waals surface area contributed by atoms with Crippen molar-refractivity contribution in [2.45, 2.75) is 25.9 Å². The molecule has 96 valence electrons. The van der Waals surface area contributed by atoms with Crippen molar-refractivity contribution in [3.8, 4) is 5.75 Å². The Labute approximate surface area is 101 Å². The lowest BCUT2D eigenvalue weighted by Crippen LogP contribution is -2.04. The second-order valence-corrected chi connectivity index (χ2v) is 3.91. The van der Waals surface area contributed by atoms with Crippen molar-refractivity contribution in [1.82, 2.24) is 0 Å². The SMILES string of the molecule is COCCCCOc1ccc(F)cc1[C@@H](C)O. The van der Waals surface area contributed by atoms with E-state index in [2.05, 4.69) is 0 Å². The molecular weight excluding hydrogens is 223 g/mol. The van der Waals surface area contributed by atoms with Crippen LogP contribution in [0.25, 0.3) is 0 Å². The summed E-state index contributed by atoms with van der Waals surface area (Å²) in [4.78, 5) is 0. The Bertz CT molecular complexity index is 339. The number of rotatable bonds is 7. The van der Waals surface area contributed by atoms with Crippen molar-refractivity contribution < 1.29 is 19.0 Å². The lowest BCUT2D eigenvalue weighted by atomic mass is 10.1. The molecule has 0 aliphatic carbocycles. The number of hydrogen-bond acceptors (Lipinski definition) is 3. The third kappa shape index (κ3) is 4.71. The molecule has 0 fully saturated rings. The molecule has 4 heteroatoms. The average molecular weight is 242 g/mol. The van der Waals surface area contributed by atoms with Gasteiger partial charge in [-0.2, -0.15) is 0 Å². The summed E-state index contributed by atoms with van der Waals surface area (Å²) in [5.74, 6) is 0.173. The normalized spacial score (nSPS) is 12.5. The molecule has 0 unspecified atom stereocenters. The van der Waals surface area contributed by atoms with Gasteiger partial charge in [-0.25, -0.2) is 4.39 Å². The molecule has 0 saturated heterocycles. The molecule has 0 amide bonds. The molecule has 0 aliphatic rings. The zero-order chi connectivity index (χ0) is 12.7. The van der Waals surface area contributed by atoms with Gasteiger partial charge in [-0.15, -0.1) is 0 Å². The molecular formula is C13H19FO3. The smallest absolute Gasteiger partial charge is 0.125 e. The summed E-state index contributed by atoms with van der Waals surface area (Å²) in [5, 5.41) is 9.50. The molecule has 17 heavy (non-hydrogen) atoms. The van der Waals surface area contributed by atoms with E-state index in [1.165, 1.54) is 12.1 Å². The summed E-state index contributed by atoms with van der Waals surface area (Å²) in [5.41, 5.74) is 0.483. The van der Waals surface area contributed by atoms with Crippen molar-refractivity contribution >= 4 is 0 Å². The number of aliphatic hydroxyl groups excluding tert-OH is 1. The molecule has 1 atom stereocenters. The quantitative estimate of drug-likeness (QED) is 0.747. The van der Waals surface area contributed by atoms with E-state index in [1.54, 1.807) is 20.1 Å². The zero-order valence-electron chi connectivity index (χ0n) is 10.3. The van der Waals surface area contributed by atoms with Gasteiger partial charge < -0.3 is 14.6 Å². The van der Waals surface area contributed by atoms with Gasteiger partial charge in [-0.05, 0) is 38.0 Å². The van der Waals surface area contributed by atoms with E-state index in [-0.39, 0.29) is 5.82 Å². The summed E-state index contributed by atoms with van der Waals surface area (Å²) in [6.07, 6.45) is 1.05. The number of ether oxygens (including phenoxy) is 2. The molecule has 0 heterocycles. The molecule has 0 aromatic heterocycles. The van der Waals surface area contributed by atoms with E-state index in [9.17, 15) is 9.50 Å². The molecule has 1 aromatic carbocycles. The first-order valence-electron chi connectivity index (χ1n) is 5.74. The number of halogens is 1. The number of aliphatic hydroxyl groups is 1. The summed E-state index contributed by atoms with van der Waals surface area (Å²) in [6, 6.07) is 4.18. The van der Waals surface area contributed by atoms with E-state index in [1.807, 2.05) is 0 Å². The lowest BCUT2D eigenvalue weighted by molar-refractivity contribution is 0.178. The second-order valence-electron chi connectivity index (χ2n) is 3.91. The Balaban J connectivity index is 2.52. The van der Waals surface area contributed by atoms with Gasteiger partial charge in [0.2, 0.25) is 0 Å². The average Bonchev–Trinajstić information content (AvgIpc) is 2.30. The van der Waals surface area contributed by atoms with Gasteiger partial charge in [0.05, 0.1) is 12.7 Å². The summed E-state index contributed by atoms with van der Waals surface area (Å²) in [7, 11) is 1.66. The van der Waals surface area contributed by atoms with Crippen LogP contribution in [0.4, 0.5) is 4.39 Å². The summed E-state index contributed by atoms with van der Waals surface area (Å²) in [6.45, 7) is 2.83. The topological polar surface area (TPSA) is 38.7 Å². The van der Waals surface area contributed by atoms with Gasteiger partial charge in [0.15, 0.2) is 0 Å². The summed E-state index contributed by atoms with van der Waals surface area (Å²) < 4.78 is 23.5. The molecule has 0 aliphatic heterocycles. The van der Waals surface area contributed by atoms with Crippen molar-refractivity contribution in [3.63, 3.8) is 0 Å². The maximum absolute atomic E-state index is 13.0. The Morgan fingerprint density at radius 3 is 2.65 bits per heavy atom. The minimum absolute atomic E-state index is 0.368. The third-order valence-corrected chi connectivity index (χ3v) is 2.42. The van der Waals surface area contributed by atoms with Crippen LogP contribution in [0.15, 0.2) is 18.2 Å². The van der Waals surface area contributed by atoms with Crippen molar-refractivity contribution in [2.24, 2.45) is 0 Å². The van der Waals surface area contributed by atoms with Gasteiger partial charge in [0, 0.05) is 19.3 Å². The van der Waals surface area contributed by atoms with Crippen LogP contribution in [0.5, 0.6) is 5.75 Å². The van der Waals surface area contributed by atoms with Gasteiger partial charge in [0.1, 0.15) is 11.6 Å². The lowest BCUT2D eigenvalue weighted by Gasteiger charge is -2.13. The van der Waals surface area contributed by atoms with Gasteiger partial charge >= 0.3 is 0 Å². The van der Waals surface area contributed by atoms with Crippen LogP contribution >= 0.6 is 0 Å². The number of hydrogen-bond donors (Lipinski definition) is 1. The van der Waals surface area contributed by atoms with Crippen LogP contribution in [0.2, 0.25) is 0 Å². The molecule has 0 saturated carbocycles. The molecule has 3 nitrogen and oxygen atoms in total. The Morgan fingerprint density at radius 2 is 2.00 bits per heavy atom. The molecule has 0 radical (unpaired) electrons. The third-order valence-electron chi connectivity index (χ3n) is 2.42. The van der Waals surface area contributed by atoms with E-state index in [4.69, 9.17) is 9.47 Å². The van der Waals surface area contributed by atoms with E-state index >= 15 is 0 Å². The zero-order valence-corrected chi connectivity index (χ0v) is 10.3. The van der Waals surface area contributed by atoms with Gasteiger partial charge in [0.25, 0.3) is 0 Å². The highest BCUT2D eigenvalue weighted by atomic mass is 19.1. The first kappa shape index (κ1) is 13.9. The van der Waals surface area contributed by atoms with Crippen LogP contribution in [0.3, 0.4) is 0 Å². The van der Waals surface area contributed by atoms with Crippen LogP contribution in [0.1, 0.15) is 31.4 Å². The molecule has 1 rings (SSSR count). The molecule has 1 N–H and O–H groups in total. The Kier molecular flexibility index (Phi) is 5.94. The monoisotopic (exact) mass is 242 g/mol. The number of methoxy groups -OCH3 is 1.